The summed E-state index contributed by atoms with van der Waals surface area (Å²) >= 11 is 0. The van der Waals surface area contributed by atoms with Crippen molar-refractivity contribution in [1.29, 1.82) is 0 Å². The minimum atomic E-state index is -0.583. The van der Waals surface area contributed by atoms with Gasteiger partial charge >= 0.3 is 0 Å². The molecule has 0 aromatic carbocycles. The van der Waals surface area contributed by atoms with E-state index in [0.717, 1.165) is 18.3 Å². The van der Waals surface area contributed by atoms with E-state index in [1.54, 1.807) is 6.92 Å². The summed E-state index contributed by atoms with van der Waals surface area (Å²) in [6, 6.07) is 0. The van der Waals surface area contributed by atoms with Crippen molar-refractivity contribution in [3.63, 3.8) is 0 Å². The topological polar surface area (TPSA) is 29.5 Å². The number of aliphatic hydroxyl groups is 1. The molecule has 2 nitrogen and oxygen atoms in total. The zero-order chi connectivity index (χ0) is 9.97. The first-order valence-corrected chi connectivity index (χ1v) is 6.11. The Morgan fingerprint density at radius 3 is 2.57 bits per heavy atom. The summed E-state index contributed by atoms with van der Waals surface area (Å²) in [7, 11) is 0. The number of hydrogen-bond acceptors (Lipinski definition) is 2. The Labute approximate surface area is 86.6 Å². The summed E-state index contributed by atoms with van der Waals surface area (Å²) in [6.45, 7) is 1.73. The highest BCUT2D eigenvalue weighted by Gasteiger charge is 2.35. The molecular weight excluding hydrogens is 176 g/mol. The van der Waals surface area contributed by atoms with Crippen LogP contribution in [0.25, 0.3) is 0 Å². The molecule has 2 saturated carbocycles. The molecule has 2 rings (SSSR count). The van der Waals surface area contributed by atoms with Gasteiger partial charge in [0.1, 0.15) is 0 Å². The van der Waals surface area contributed by atoms with Crippen molar-refractivity contribution in [2.75, 3.05) is 0 Å². The summed E-state index contributed by atoms with van der Waals surface area (Å²) in [5.74, 6) is 1.63. The predicted octanol–water partition coefficient (Wildman–Crippen LogP) is 2.70. The van der Waals surface area contributed by atoms with E-state index in [1.165, 1.54) is 38.5 Å². The van der Waals surface area contributed by atoms with Gasteiger partial charge in [-0.2, -0.15) is 0 Å². The molecule has 14 heavy (non-hydrogen) atoms. The molecule has 2 fully saturated rings. The number of ether oxygens (including phenoxy) is 1. The fourth-order valence-electron chi connectivity index (χ4n) is 3.30. The van der Waals surface area contributed by atoms with Gasteiger partial charge in [-0.1, -0.05) is 25.7 Å². The second-order valence-electron chi connectivity index (χ2n) is 4.91. The Morgan fingerprint density at radius 1 is 1.07 bits per heavy atom. The Bertz CT molecular complexity index is 177. The number of fused-ring (bicyclic) bond motifs is 1. The first-order chi connectivity index (χ1) is 6.77. The SMILES string of the molecule is CC(O)OC1CCCC2CCCCC21. The average Bonchev–Trinajstić information content (AvgIpc) is 2.18. The minimum absolute atomic E-state index is 0.342. The summed E-state index contributed by atoms with van der Waals surface area (Å²) in [4.78, 5) is 0. The molecule has 0 amide bonds. The van der Waals surface area contributed by atoms with Gasteiger partial charge in [0.05, 0.1) is 6.10 Å². The molecule has 0 spiro atoms. The van der Waals surface area contributed by atoms with E-state index in [1.807, 2.05) is 0 Å². The average molecular weight is 198 g/mol. The number of rotatable bonds is 2. The van der Waals surface area contributed by atoms with Crippen LogP contribution < -0.4 is 0 Å². The molecule has 0 aromatic heterocycles. The maximum atomic E-state index is 9.27. The Hall–Kier alpha value is -0.0800. The van der Waals surface area contributed by atoms with Gasteiger partial charge in [0.25, 0.3) is 0 Å². The first-order valence-electron chi connectivity index (χ1n) is 6.11. The van der Waals surface area contributed by atoms with Gasteiger partial charge in [0, 0.05) is 0 Å². The Balaban J connectivity index is 1.94. The maximum absolute atomic E-state index is 9.27. The zero-order valence-corrected chi connectivity index (χ0v) is 9.11. The second-order valence-corrected chi connectivity index (χ2v) is 4.91. The summed E-state index contributed by atoms with van der Waals surface area (Å²) in [6.07, 6.45) is 9.08. The normalized spacial score (nSPS) is 40.3. The van der Waals surface area contributed by atoms with Crippen LogP contribution in [0.15, 0.2) is 0 Å². The van der Waals surface area contributed by atoms with Gasteiger partial charge in [0.2, 0.25) is 0 Å². The molecule has 4 atom stereocenters. The van der Waals surface area contributed by atoms with Crippen LogP contribution in [0.3, 0.4) is 0 Å². The fourth-order valence-corrected chi connectivity index (χ4v) is 3.30. The van der Waals surface area contributed by atoms with Gasteiger partial charge < -0.3 is 9.84 Å². The number of aliphatic hydroxyl groups excluding tert-OH is 1. The lowest BCUT2D eigenvalue weighted by Gasteiger charge is -2.41. The lowest BCUT2D eigenvalue weighted by atomic mass is 9.69. The van der Waals surface area contributed by atoms with Crippen molar-refractivity contribution in [1.82, 2.24) is 0 Å². The second kappa shape index (κ2) is 4.63. The highest BCUT2D eigenvalue weighted by Crippen LogP contribution is 2.41. The third-order valence-electron chi connectivity index (χ3n) is 3.88. The lowest BCUT2D eigenvalue weighted by Crippen LogP contribution is -2.38. The minimum Gasteiger partial charge on any atom is -0.368 e. The van der Waals surface area contributed by atoms with E-state index in [0.29, 0.717) is 6.10 Å². The molecule has 82 valence electrons. The van der Waals surface area contributed by atoms with Crippen LogP contribution in [-0.4, -0.2) is 17.5 Å². The Morgan fingerprint density at radius 2 is 1.79 bits per heavy atom. The fraction of sp³-hybridized carbons (Fsp3) is 1.00. The van der Waals surface area contributed by atoms with Crippen molar-refractivity contribution in [3.8, 4) is 0 Å². The molecule has 0 bridgehead atoms. The number of hydrogen-bond donors (Lipinski definition) is 1. The molecule has 2 aliphatic carbocycles. The molecule has 0 aromatic rings. The molecule has 4 unspecified atom stereocenters. The van der Waals surface area contributed by atoms with Crippen LogP contribution in [0.5, 0.6) is 0 Å². The largest absolute Gasteiger partial charge is 0.368 e. The lowest BCUT2D eigenvalue weighted by molar-refractivity contribution is -0.161. The van der Waals surface area contributed by atoms with Crippen LogP contribution in [-0.2, 0) is 4.74 Å². The van der Waals surface area contributed by atoms with E-state index in [2.05, 4.69) is 0 Å². The van der Waals surface area contributed by atoms with E-state index in [4.69, 9.17) is 4.74 Å². The summed E-state index contributed by atoms with van der Waals surface area (Å²) in [5.41, 5.74) is 0. The van der Waals surface area contributed by atoms with E-state index >= 15 is 0 Å². The first kappa shape index (κ1) is 10.4. The molecule has 0 heterocycles. The van der Waals surface area contributed by atoms with Crippen molar-refractivity contribution in [2.24, 2.45) is 11.8 Å². The highest BCUT2D eigenvalue weighted by atomic mass is 16.6. The van der Waals surface area contributed by atoms with Crippen LogP contribution in [0.4, 0.5) is 0 Å². The molecule has 0 aliphatic heterocycles. The van der Waals surface area contributed by atoms with Gasteiger partial charge in [-0.15, -0.1) is 0 Å². The van der Waals surface area contributed by atoms with Gasteiger partial charge in [-0.05, 0) is 38.0 Å². The van der Waals surface area contributed by atoms with Crippen molar-refractivity contribution in [3.05, 3.63) is 0 Å². The van der Waals surface area contributed by atoms with Crippen LogP contribution in [0.1, 0.15) is 51.9 Å². The van der Waals surface area contributed by atoms with E-state index in [-0.39, 0.29) is 0 Å². The summed E-state index contributed by atoms with van der Waals surface area (Å²) in [5, 5.41) is 9.27. The van der Waals surface area contributed by atoms with Gasteiger partial charge in [-0.3, -0.25) is 0 Å². The molecule has 0 saturated heterocycles. The predicted molar refractivity (Wildman–Crippen MR) is 55.9 cm³/mol. The smallest absolute Gasteiger partial charge is 0.152 e. The van der Waals surface area contributed by atoms with Crippen LogP contribution in [0.2, 0.25) is 0 Å². The van der Waals surface area contributed by atoms with Crippen LogP contribution >= 0.6 is 0 Å². The monoisotopic (exact) mass is 198 g/mol. The van der Waals surface area contributed by atoms with Gasteiger partial charge in [0.15, 0.2) is 6.29 Å². The van der Waals surface area contributed by atoms with E-state index in [9.17, 15) is 5.11 Å². The van der Waals surface area contributed by atoms with Crippen molar-refractivity contribution >= 4 is 0 Å². The highest BCUT2D eigenvalue weighted by molar-refractivity contribution is 4.85. The van der Waals surface area contributed by atoms with E-state index < -0.39 is 6.29 Å². The zero-order valence-electron chi connectivity index (χ0n) is 9.11. The third-order valence-corrected chi connectivity index (χ3v) is 3.88. The molecule has 0 radical (unpaired) electrons. The molecular formula is C12H22O2. The quantitative estimate of drug-likeness (QED) is 0.691. The molecule has 2 heteroatoms. The van der Waals surface area contributed by atoms with Crippen LogP contribution in [0, 0.1) is 11.8 Å². The molecule has 1 N–H and O–H groups in total. The van der Waals surface area contributed by atoms with Crippen molar-refractivity contribution < 1.29 is 9.84 Å². The third kappa shape index (κ3) is 2.29. The standard InChI is InChI=1S/C12H22O2/c1-9(13)14-12-8-4-6-10-5-2-3-7-11(10)12/h9-13H,2-8H2,1H3. The van der Waals surface area contributed by atoms with Crippen molar-refractivity contribution in [2.45, 2.75) is 64.3 Å². The van der Waals surface area contributed by atoms with Gasteiger partial charge in [-0.25, -0.2) is 0 Å². The molecule has 2 aliphatic rings. The summed E-state index contributed by atoms with van der Waals surface area (Å²) < 4.78 is 5.62. The maximum Gasteiger partial charge on any atom is 0.152 e. The Kier molecular flexibility index (Phi) is 3.45.